The highest BCUT2D eigenvalue weighted by Crippen LogP contribution is 2.34. The Kier molecular flexibility index (Phi) is 7.98. The van der Waals surface area contributed by atoms with E-state index in [1.165, 1.54) is 13.3 Å². The van der Waals surface area contributed by atoms with Gasteiger partial charge in [0.15, 0.2) is 18.1 Å². The maximum atomic E-state index is 11.9. The lowest BCUT2D eigenvalue weighted by atomic mass is 10.0. The average molecular weight is 426 g/mol. The van der Waals surface area contributed by atoms with Gasteiger partial charge in [-0.15, -0.1) is 6.58 Å². The van der Waals surface area contributed by atoms with E-state index in [2.05, 4.69) is 6.58 Å². The molecule has 1 aliphatic heterocycles. The van der Waals surface area contributed by atoms with Crippen LogP contribution in [0.15, 0.2) is 73.3 Å². The molecular formula is C25H31NO5. The highest BCUT2D eigenvalue weighted by Gasteiger charge is 2.49. The summed E-state index contributed by atoms with van der Waals surface area (Å²) in [7, 11) is 1.42. The lowest BCUT2D eigenvalue weighted by Crippen LogP contribution is -2.45. The second kappa shape index (κ2) is 10.7. The van der Waals surface area contributed by atoms with Gasteiger partial charge in [-0.2, -0.15) is 0 Å². The Balaban J connectivity index is 1.77. The Bertz CT molecular complexity index is 849. The molecule has 1 fully saturated rings. The standard InChI is InChI=1S/C25H31NO5/c1-5-21(28-17-19-12-8-6-9-13-19)23-24(31-25(2,3)30-23)22(16-26(4)27)29-18-20-14-10-7-11-15-20/h5-16,21-24H,1,17-18H2,2-4H3/b26-16+/t21-,22-,23-,24+/m1/s1. The lowest BCUT2D eigenvalue weighted by Gasteiger charge is -2.27. The van der Waals surface area contributed by atoms with Crippen molar-refractivity contribution in [2.45, 2.75) is 57.3 Å². The molecule has 166 valence electrons. The number of rotatable bonds is 10. The summed E-state index contributed by atoms with van der Waals surface area (Å²) in [5, 5.41) is 11.9. The van der Waals surface area contributed by atoms with Crippen molar-refractivity contribution in [1.82, 2.24) is 0 Å². The molecule has 4 atom stereocenters. The molecule has 1 aliphatic rings. The van der Waals surface area contributed by atoms with Crippen LogP contribution in [0.4, 0.5) is 0 Å². The molecule has 0 radical (unpaired) electrons. The van der Waals surface area contributed by atoms with Crippen molar-refractivity contribution >= 4 is 6.21 Å². The monoisotopic (exact) mass is 425 g/mol. The third kappa shape index (κ3) is 6.74. The van der Waals surface area contributed by atoms with Crippen molar-refractivity contribution in [3.8, 4) is 0 Å². The summed E-state index contributed by atoms with van der Waals surface area (Å²) in [5.74, 6) is -0.851. The second-order valence-electron chi connectivity index (χ2n) is 8.02. The smallest absolute Gasteiger partial charge is 0.182 e. The first kappa shape index (κ1) is 23.2. The average Bonchev–Trinajstić information content (AvgIpc) is 3.08. The van der Waals surface area contributed by atoms with E-state index >= 15 is 0 Å². The topological polar surface area (TPSA) is 63.0 Å². The molecule has 2 aromatic rings. The zero-order chi connectivity index (χ0) is 22.3. The predicted octanol–water partition coefficient (Wildman–Crippen LogP) is 4.07. The fourth-order valence-corrected chi connectivity index (χ4v) is 3.59. The fraction of sp³-hybridized carbons (Fsp3) is 0.400. The first-order valence-electron chi connectivity index (χ1n) is 10.4. The molecule has 0 saturated carbocycles. The molecule has 0 N–H and O–H groups in total. The van der Waals surface area contributed by atoms with Crippen LogP contribution < -0.4 is 0 Å². The Labute approximate surface area is 184 Å². The van der Waals surface area contributed by atoms with Crippen molar-refractivity contribution in [3.05, 3.63) is 89.7 Å². The minimum Gasteiger partial charge on any atom is -0.624 e. The van der Waals surface area contributed by atoms with Crippen molar-refractivity contribution < 1.29 is 23.7 Å². The number of benzene rings is 2. The molecule has 6 heteroatoms. The first-order chi connectivity index (χ1) is 14.9. The van der Waals surface area contributed by atoms with E-state index in [1.807, 2.05) is 74.5 Å². The number of ether oxygens (including phenoxy) is 4. The van der Waals surface area contributed by atoms with Crippen molar-refractivity contribution in [3.63, 3.8) is 0 Å². The van der Waals surface area contributed by atoms with E-state index in [1.54, 1.807) is 6.08 Å². The van der Waals surface area contributed by atoms with Crippen LogP contribution in [0.2, 0.25) is 0 Å². The van der Waals surface area contributed by atoms with Gasteiger partial charge in [0.05, 0.1) is 13.2 Å². The van der Waals surface area contributed by atoms with Crippen LogP contribution in [0.25, 0.3) is 0 Å². The molecule has 2 aromatic carbocycles. The summed E-state index contributed by atoms with van der Waals surface area (Å²) in [6.45, 7) is 8.36. The van der Waals surface area contributed by atoms with Gasteiger partial charge in [0.2, 0.25) is 0 Å². The van der Waals surface area contributed by atoms with Crippen LogP contribution >= 0.6 is 0 Å². The molecule has 0 aliphatic carbocycles. The highest BCUT2D eigenvalue weighted by atomic mass is 16.8. The first-order valence-corrected chi connectivity index (χ1v) is 10.4. The van der Waals surface area contributed by atoms with Gasteiger partial charge in [-0.3, -0.25) is 0 Å². The maximum absolute atomic E-state index is 11.9. The molecule has 0 bridgehead atoms. The van der Waals surface area contributed by atoms with E-state index in [0.29, 0.717) is 13.2 Å². The molecule has 0 spiro atoms. The quantitative estimate of drug-likeness (QED) is 0.189. The van der Waals surface area contributed by atoms with Gasteiger partial charge < -0.3 is 24.2 Å². The van der Waals surface area contributed by atoms with Crippen LogP contribution in [-0.2, 0) is 32.2 Å². The predicted molar refractivity (Wildman–Crippen MR) is 120 cm³/mol. The summed E-state index contributed by atoms with van der Waals surface area (Å²) in [6.07, 6.45) is 1.06. The Morgan fingerprint density at radius 3 is 1.84 bits per heavy atom. The van der Waals surface area contributed by atoms with Crippen molar-refractivity contribution in [2.75, 3.05) is 7.05 Å². The van der Waals surface area contributed by atoms with Crippen LogP contribution in [0.1, 0.15) is 25.0 Å². The third-order valence-electron chi connectivity index (χ3n) is 4.97. The zero-order valence-electron chi connectivity index (χ0n) is 18.3. The molecule has 1 saturated heterocycles. The van der Waals surface area contributed by atoms with E-state index in [4.69, 9.17) is 18.9 Å². The zero-order valence-corrected chi connectivity index (χ0v) is 18.3. The molecule has 0 amide bonds. The van der Waals surface area contributed by atoms with Gasteiger partial charge in [0.25, 0.3) is 0 Å². The molecule has 0 aromatic heterocycles. The summed E-state index contributed by atoms with van der Waals surface area (Å²) in [4.78, 5) is 0. The van der Waals surface area contributed by atoms with Gasteiger partial charge in [-0.05, 0) is 25.0 Å². The van der Waals surface area contributed by atoms with Crippen molar-refractivity contribution in [1.29, 1.82) is 0 Å². The van der Waals surface area contributed by atoms with Crippen LogP contribution in [0.3, 0.4) is 0 Å². The Hall–Kier alpha value is -2.51. The highest BCUT2D eigenvalue weighted by molar-refractivity contribution is 5.59. The molecular weight excluding hydrogens is 394 g/mol. The maximum Gasteiger partial charge on any atom is 0.182 e. The molecule has 6 nitrogen and oxygen atoms in total. The summed E-state index contributed by atoms with van der Waals surface area (Å²) in [5.41, 5.74) is 2.05. The summed E-state index contributed by atoms with van der Waals surface area (Å²) < 4.78 is 25.3. The lowest BCUT2D eigenvalue weighted by molar-refractivity contribution is -0.421. The number of hydroxylamine groups is 1. The summed E-state index contributed by atoms with van der Waals surface area (Å²) in [6, 6.07) is 19.7. The van der Waals surface area contributed by atoms with Gasteiger partial charge in [-0.1, -0.05) is 66.7 Å². The largest absolute Gasteiger partial charge is 0.624 e. The third-order valence-corrected chi connectivity index (χ3v) is 4.97. The van der Waals surface area contributed by atoms with Gasteiger partial charge in [0, 0.05) is 0 Å². The van der Waals surface area contributed by atoms with E-state index in [0.717, 1.165) is 15.9 Å². The Morgan fingerprint density at radius 1 is 0.935 bits per heavy atom. The fourth-order valence-electron chi connectivity index (χ4n) is 3.59. The second-order valence-corrected chi connectivity index (χ2v) is 8.02. The molecule has 31 heavy (non-hydrogen) atoms. The van der Waals surface area contributed by atoms with Gasteiger partial charge in [0.1, 0.15) is 25.4 Å². The Morgan fingerprint density at radius 2 is 1.39 bits per heavy atom. The molecule has 0 unspecified atom stereocenters. The van der Waals surface area contributed by atoms with E-state index < -0.39 is 30.2 Å². The van der Waals surface area contributed by atoms with Crippen LogP contribution in [-0.4, -0.2) is 48.2 Å². The summed E-state index contributed by atoms with van der Waals surface area (Å²) >= 11 is 0. The number of nitrogens with zero attached hydrogens (tertiary/aromatic N) is 1. The minimum atomic E-state index is -0.851. The van der Waals surface area contributed by atoms with Crippen molar-refractivity contribution in [2.24, 2.45) is 0 Å². The SMILES string of the molecule is C=C[C@@H](OCc1ccccc1)[C@H]1OC(C)(C)O[C@H]1[C@@H](/C=[N+](\C)[O-])OCc1ccccc1. The van der Waals surface area contributed by atoms with Crippen LogP contribution in [0, 0.1) is 5.21 Å². The van der Waals surface area contributed by atoms with Gasteiger partial charge in [-0.25, -0.2) is 4.74 Å². The normalized spacial score (nSPS) is 22.7. The number of hydrogen-bond acceptors (Lipinski definition) is 5. The molecule has 3 rings (SSSR count). The minimum absolute atomic E-state index is 0.340. The number of hydrogen-bond donors (Lipinski definition) is 0. The van der Waals surface area contributed by atoms with E-state index in [9.17, 15) is 5.21 Å². The van der Waals surface area contributed by atoms with E-state index in [-0.39, 0.29) is 0 Å². The van der Waals surface area contributed by atoms with Crippen LogP contribution in [0.5, 0.6) is 0 Å². The molecule has 1 heterocycles. The van der Waals surface area contributed by atoms with Gasteiger partial charge >= 0.3 is 0 Å².